The number of aliphatic hydroxyl groups excluding tert-OH is 1. The van der Waals surface area contributed by atoms with E-state index in [-0.39, 0.29) is 30.7 Å². The predicted molar refractivity (Wildman–Crippen MR) is 155 cm³/mol. The number of halogens is 3. The Hall–Kier alpha value is -2.10. The fourth-order valence-corrected chi connectivity index (χ4v) is 6.46. The van der Waals surface area contributed by atoms with E-state index < -0.39 is 23.8 Å². The minimum atomic E-state index is -0.943. The molecule has 0 aromatic heterocycles. The topological polar surface area (TPSA) is 61.4 Å². The molecule has 7 heteroatoms. The number of hydrogen-bond acceptors (Lipinski definition) is 3. The van der Waals surface area contributed by atoms with E-state index >= 15 is 0 Å². The molecular weight excluding hydrogens is 597 g/mol. The van der Waals surface area contributed by atoms with Crippen LogP contribution in [0.1, 0.15) is 56.6 Å². The number of rotatable bonds is 11. The number of carbonyl (C=O) groups excluding carboxylic acids is 1. The van der Waals surface area contributed by atoms with Crippen molar-refractivity contribution in [1.29, 1.82) is 0 Å². The van der Waals surface area contributed by atoms with Gasteiger partial charge in [0, 0.05) is 28.6 Å². The molecule has 0 spiro atoms. The summed E-state index contributed by atoms with van der Waals surface area (Å²) in [6.45, 7) is 2.82. The van der Waals surface area contributed by atoms with Gasteiger partial charge >= 0.3 is 0 Å². The number of allylic oxidation sites excluding steroid dienone is 4. The van der Waals surface area contributed by atoms with Gasteiger partial charge in [-0.05, 0) is 114 Å². The smallest absolute Gasteiger partial charge is 0.224 e. The highest BCUT2D eigenvalue weighted by Crippen LogP contribution is 2.40. The molecule has 3 N–H and O–H groups in total. The van der Waals surface area contributed by atoms with Gasteiger partial charge in [-0.3, -0.25) is 4.79 Å². The Balaban J connectivity index is 1.48. The molecule has 4 atom stereocenters. The van der Waals surface area contributed by atoms with Crippen molar-refractivity contribution in [2.45, 2.75) is 70.6 Å². The molecule has 0 saturated carbocycles. The molecule has 4 rings (SSSR count). The minimum Gasteiger partial charge on any atom is -0.390 e. The van der Waals surface area contributed by atoms with Crippen LogP contribution in [0.15, 0.2) is 65.8 Å². The summed E-state index contributed by atoms with van der Waals surface area (Å²) in [6, 6.07) is 10.7. The minimum absolute atomic E-state index is 0.108. The molecule has 38 heavy (non-hydrogen) atoms. The van der Waals surface area contributed by atoms with E-state index in [0.29, 0.717) is 18.5 Å². The van der Waals surface area contributed by atoms with E-state index in [0.717, 1.165) is 47.3 Å². The molecule has 2 aromatic carbocycles. The van der Waals surface area contributed by atoms with Crippen LogP contribution < -0.4 is 10.6 Å². The number of carbonyl (C=O) groups is 1. The summed E-state index contributed by atoms with van der Waals surface area (Å²) in [5.41, 5.74) is 4.27. The number of hydrogen-bond donors (Lipinski definition) is 3. The Morgan fingerprint density at radius 3 is 2.66 bits per heavy atom. The molecule has 2 aliphatic rings. The second kappa shape index (κ2) is 13.8. The average Bonchev–Trinajstić information content (AvgIpc) is 2.88. The van der Waals surface area contributed by atoms with Crippen LogP contribution in [0.3, 0.4) is 0 Å². The Morgan fingerprint density at radius 1 is 1.13 bits per heavy atom. The molecule has 2 aromatic rings. The summed E-state index contributed by atoms with van der Waals surface area (Å²) in [6.07, 6.45) is 9.55. The lowest BCUT2D eigenvalue weighted by molar-refractivity contribution is -0.128. The largest absolute Gasteiger partial charge is 0.390 e. The number of aliphatic hydroxyl groups is 1. The highest BCUT2D eigenvalue weighted by atomic mass is 127. The van der Waals surface area contributed by atoms with Gasteiger partial charge in [0.1, 0.15) is 11.6 Å². The van der Waals surface area contributed by atoms with Gasteiger partial charge in [0.15, 0.2) is 0 Å². The Labute approximate surface area is 238 Å². The number of benzene rings is 2. The molecular formula is C31H37F2IN2O2. The molecule has 0 aliphatic heterocycles. The first-order valence-electron chi connectivity index (χ1n) is 13.6. The highest BCUT2D eigenvalue weighted by molar-refractivity contribution is 14.1. The van der Waals surface area contributed by atoms with Crippen LogP contribution in [0.5, 0.6) is 0 Å². The van der Waals surface area contributed by atoms with E-state index in [9.17, 15) is 18.7 Å². The van der Waals surface area contributed by atoms with E-state index in [1.54, 1.807) is 0 Å². The second-order valence-corrected chi connectivity index (χ2v) is 11.7. The van der Waals surface area contributed by atoms with Gasteiger partial charge in [-0.2, -0.15) is 0 Å². The first-order chi connectivity index (χ1) is 18.3. The van der Waals surface area contributed by atoms with Gasteiger partial charge in [0.05, 0.1) is 12.1 Å². The van der Waals surface area contributed by atoms with Crippen molar-refractivity contribution in [2.75, 3.05) is 6.54 Å². The lowest BCUT2D eigenvalue weighted by Crippen LogP contribution is -2.51. The van der Waals surface area contributed by atoms with Crippen LogP contribution in [0.4, 0.5) is 8.78 Å². The van der Waals surface area contributed by atoms with Crippen LogP contribution >= 0.6 is 22.6 Å². The highest BCUT2D eigenvalue weighted by Gasteiger charge is 2.34. The third-order valence-electron chi connectivity index (χ3n) is 7.72. The quantitative estimate of drug-likeness (QED) is 0.258. The van der Waals surface area contributed by atoms with Crippen LogP contribution in [-0.2, 0) is 17.8 Å². The molecule has 4 unspecified atom stereocenters. The van der Waals surface area contributed by atoms with E-state index in [4.69, 9.17) is 0 Å². The molecule has 0 heterocycles. The van der Waals surface area contributed by atoms with E-state index in [2.05, 4.69) is 51.4 Å². The summed E-state index contributed by atoms with van der Waals surface area (Å²) < 4.78 is 29.0. The summed E-state index contributed by atoms with van der Waals surface area (Å²) >= 11 is 2.26. The first-order valence-corrected chi connectivity index (χ1v) is 14.7. The third-order valence-corrected chi connectivity index (χ3v) is 8.39. The standard InChI is InChI=1S/C31H37F2IN2O2/c1-2-26(28-12-6-9-22-8-3-4-11-27(22)28)31(38)36-29(16-21-13-23(32)17-24(33)14-21)30(37)19-35-18-20-7-5-10-25(34)15-20/h4-5,7,10-11,13-15,17,26,28-30,35,37H,2-3,6,8-9,12,16,18-19H2,1H3,(H,36,38). The van der Waals surface area contributed by atoms with Gasteiger partial charge in [-0.25, -0.2) is 8.78 Å². The lowest BCUT2D eigenvalue weighted by Gasteiger charge is -2.35. The molecule has 0 fully saturated rings. The van der Waals surface area contributed by atoms with E-state index in [1.165, 1.54) is 23.3 Å². The maximum atomic E-state index is 13.9. The monoisotopic (exact) mass is 634 g/mol. The van der Waals surface area contributed by atoms with Gasteiger partial charge in [0.25, 0.3) is 0 Å². The van der Waals surface area contributed by atoms with Crippen LogP contribution in [0, 0.1) is 27.0 Å². The normalized spacial score (nSPS) is 19.6. The molecule has 2 aliphatic carbocycles. The molecule has 4 nitrogen and oxygen atoms in total. The zero-order valence-electron chi connectivity index (χ0n) is 21.9. The predicted octanol–water partition coefficient (Wildman–Crippen LogP) is 6.22. The lowest BCUT2D eigenvalue weighted by atomic mass is 9.72. The maximum absolute atomic E-state index is 13.9. The zero-order chi connectivity index (χ0) is 27.1. The zero-order valence-corrected chi connectivity index (χ0v) is 24.0. The Bertz CT molecular complexity index is 1160. The number of nitrogens with one attached hydrogen (secondary N) is 2. The summed E-state index contributed by atoms with van der Waals surface area (Å²) in [5.74, 6) is -1.52. The fourth-order valence-electron chi connectivity index (χ4n) is 5.86. The summed E-state index contributed by atoms with van der Waals surface area (Å²) in [5, 5.41) is 17.5. The third kappa shape index (κ3) is 7.73. The molecule has 0 saturated heterocycles. The van der Waals surface area contributed by atoms with Crippen LogP contribution in [0.25, 0.3) is 0 Å². The van der Waals surface area contributed by atoms with Gasteiger partial charge in [0.2, 0.25) is 5.91 Å². The molecule has 0 bridgehead atoms. The average molecular weight is 635 g/mol. The Kier molecular flexibility index (Phi) is 10.5. The first kappa shape index (κ1) is 28.9. The maximum Gasteiger partial charge on any atom is 0.224 e. The second-order valence-electron chi connectivity index (χ2n) is 10.4. The summed E-state index contributed by atoms with van der Waals surface area (Å²) in [4.78, 5) is 13.7. The van der Waals surface area contributed by atoms with Crippen LogP contribution in [0.2, 0.25) is 0 Å². The Morgan fingerprint density at radius 2 is 1.92 bits per heavy atom. The van der Waals surface area contributed by atoms with Crippen molar-refractivity contribution in [2.24, 2.45) is 11.8 Å². The van der Waals surface area contributed by atoms with Crippen molar-refractivity contribution in [3.63, 3.8) is 0 Å². The molecule has 1 amide bonds. The van der Waals surface area contributed by atoms with E-state index in [1.807, 2.05) is 25.1 Å². The van der Waals surface area contributed by atoms with Gasteiger partial charge in [-0.15, -0.1) is 0 Å². The van der Waals surface area contributed by atoms with Crippen molar-refractivity contribution in [3.05, 3.63) is 92.1 Å². The van der Waals surface area contributed by atoms with Crippen molar-refractivity contribution >= 4 is 28.5 Å². The summed E-state index contributed by atoms with van der Waals surface area (Å²) in [7, 11) is 0. The fraction of sp³-hybridized carbons (Fsp3) is 0.452. The molecule has 0 radical (unpaired) electrons. The van der Waals surface area contributed by atoms with Crippen molar-refractivity contribution in [3.8, 4) is 0 Å². The van der Waals surface area contributed by atoms with Gasteiger partial charge < -0.3 is 15.7 Å². The van der Waals surface area contributed by atoms with Crippen molar-refractivity contribution in [1.82, 2.24) is 10.6 Å². The molecule has 204 valence electrons. The van der Waals surface area contributed by atoms with Crippen molar-refractivity contribution < 1.29 is 18.7 Å². The van der Waals surface area contributed by atoms with Crippen LogP contribution in [-0.4, -0.2) is 29.7 Å². The SMILES string of the molecule is CCC(C(=O)NC(Cc1cc(F)cc(F)c1)C(O)CNCc1cccc(I)c1)C1CCCC2=C1C=CCC2. The van der Waals surface area contributed by atoms with Gasteiger partial charge in [-0.1, -0.05) is 36.8 Å². The number of amides is 1.